The van der Waals surface area contributed by atoms with Gasteiger partial charge in [-0.15, -0.1) is 11.3 Å². The number of carbonyl (C=O) groups excluding carboxylic acids is 1. The third-order valence-electron chi connectivity index (χ3n) is 4.63. The molecule has 0 unspecified atom stereocenters. The number of fused-ring (bicyclic) bond motifs is 1. The molecule has 26 heavy (non-hydrogen) atoms. The molecule has 130 valence electrons. The third kappa shape index (κ3) is 2.93. The maximum Gasteiger partial charge on any atom is 0.333 e. The van der Waals surface area contributed by atoms with Crippen molar-refractivity contribution in [3.05, 3.63) is 94.2 Å². The summed E-state index contributed by atoms with van der Waals surface area (Å²) in [5.74, 6) is -0.261. The largest absolute Gasteiger partial charge is 0.467 e. The highest BCUT2D eigenvalue weighted by Crippen LogP contribution is 2.43. The minimum Gasteiger partial charge on any atom is -0.467 e. The molecule has 0 fully saturated rings. The van der Waals surface area contributed by atoms with Gasteiger partial charge in [-0.3, -0.25) is 0 Å². The summed E-state index contributed by atoms with van der Waals surface area (Å²) in [4.78, 5) is 16.2. The summed E-state index contributed by atoms with van der Waals surface area (Å²) in [6.45, 7) is 0. The number of hydrogen-bond acceptors (Lipinski definition) is 4. The zero-order chi connectivity index (χ0) is 17.9. The first-order chi connectivity index (χ1) is 12.8. The Morgan fingerprint density at radius 1 is 1.04 bits per heavy atom. The van der Waals surface area contributed by atoms with E-state index < -0.39 is 6.04 Å². The number of hydrogen-bond donors (Lipinski definition) is 0. The van der Waals surface area contributed by atoms with Crippen molar-refractivity contribution in [2.45, 2.75) is 12.1 Å². The Labute approximate surface area is 157 Å². The molecule has 0 saturated heterocycles. The van der Waals surface area contributed by atoms with Gasteiger partial charge in [-0.05, 0) is 28.6 Å². The molecule has 0 amide bonds. The maximum atomic E-state index is 12.9. The molecule has 0 spiro atoms. The Hall–Kier alpha value is -2.85. The molecule has 4 rings (SSSR count). The van der Waals surface area contributed by atoms with Crippen LogP contribution >= 0.6 is 11.3 Å². The number of ether oxygens (including phenoxy) is 1. The SMILES string of the molecule is COC(=O)[C@H](c1ccccc1)N1c2ccccc2C=C[C@@H]1c1cccs1. The van der Waals surface area contributed by atoms with Crippen molar-refractivity contribution in [2.24, 2.45) is 0 Å². The second kappa shape index (κ2) is 7.18. The Bertz CT molecular complexity index is 918. The van der Waals surface area contributed by atoms with Gasteiger partial charge in [0.2, 0.25) is 0 Å². The summed E-state index contributed by atoms with van der Waals surface area (Å²) in [5.41, 5.74) is 3.06. The van der Waals surface area contributed by atoms with Crippen molar-refractivity contribution < 1.29 is 9.53 Å². The summed E-state index contributed by atoms with van der Waals surface area (Å²) in [7, 11) is 1.45. The van der Waals surface area contributed by atoms with Crippen molar-refractivity contribution in [2.75, 3.05) is 12.0 Å². The molecule has 3 nitrogen and oxygen atoms in total. The topological polar surface area (TPSA) is 29.5 Å². The molecule has 1 aliphatic heterocycles. The standard InChI is InChI=1S/C22H19NO2S/c1-25-22(24)21(17-9-3-2-4-10-17)23-18-11-6-5-8-16(18)13-14-19(23)20-12-7-15-26-20/h2-15,19,21H,1H3/t19-,21+/m1/s1. The maximum absolute atomic E-state index is 12.9. The number of carbonyl (C=O) groups is 1. The lowest BCUT2D eigenvalue weighted by atomic mass is 9.96. The van der Waals surface area contributed by atoms with Gasteiger partial charge in [0.05, 0.1) is 13.2 Å². The molecular formula is C22H19NO2S. The second-order valence-corrected chi connectivity index (χ2v) is 7.10. The van der Waals surface area contributed by atoms with Crippen LogP contribution in [0.2, 0.25) is 0 Å². The highest BCUT2D eigenvalue weighted by molar-refractivity contribution is 7.10. The molecule has 0 saturated carbocycles. The lowest BCUT2D eigenvalue weighted by Crippen LogP contribution is -2.38. The Balaban J connectivity index is 1.90. The third-order valence-corrected chi connectivity index (χ3v) is 5.57. The molecule has 3 aromatic rings. The van der Waals surface area contributed by atoms with Gasteiger partial charge in [-0.2, -0.15) is 0 Å². The number of para-hydroxylation sites is 1. The van der Waals surface area contributed by atoms with Gasteiger partial charge in [-0.25, -0.2) is 4.79 Å². The van der Waals surface area contributed by atoms with Gasteiger partial charge >= 0.3 is 5.97 Å². The van der Waals surface area contributed by atoms with E-state index >= 15 is 0 Å². The Kier molecular flexibility index (Phi) is 4.59. The summed E-state index contributed by atoms with van der Waals surface area (Å²) in [5, 5.41) is 2.07. The van der Waals surface area contributed by atoms with E-state index in [1.165, 1.54) is 12.0 Å². The fraction of sp³-hybridized carbons (Fsp3) is 0.136. The van der Waals surface area contributed by atoms with Crippen LogP contribution in [0, 0.1) is 0 Å². The summed E-state index contributed by atoms with van der Waals surface area (Å²) >= 11 is 1.69. The van der Waals surface area contributed by atoms with E-state index in [4.69, 9.17) is 4.74 Å². The average Bonchev–Trinajstić information content (AvgIpc) is 3.23. The molecule has 0 N–H and O–H groups in total. The monoisotopic (exact) mass is 361 g/mol. The molecule has 2 atom stereocenters. The van der Waals surface area contributed by atoms with Crippen molar-refractivity contribution in [3.63, 3.8) is 0 Å². The van der Waals surface area contributed by atoms with Crippen molar-refractivity contribution in [1.82, 2.24) is 0 Å². The van der Waals surface area contributed by atoms with Gasteiger partial charge in [-0.1, -0.05) is 66.7 Å². The van der Waals surface area contributed by atoms with Crippen LogP contribution in [0.1, 0.15) is 28.1 Å². The molecule has 1 aromatic heterocycles. The van der Waals surface area contributed by atoms with Gasteiger partial charge in [0.25, 0.3) is 0 Å². The Morgan fingerprint density at radius 3 is 2.54 bits per heavy atom. The van der Waals surface area contributed by atoms with Crippen molar-refractivity contribution in [3.8, 4) is 0 Å². The van der Waals surface area contributed by atoms with E-state index in [1.54, 1.807) is 11.3 Å². The smallest absolute Gasteiger partial charge is 0.333 e. The fourth-order valence-electron chi connectivity index (χ4n) is 3.45. The summed E-state index contributed by atoms with van der Waals surface area (Å²) in [6.07, 6.45) is 4.29. The number of nitrogens with zero attached hydrogens (tertiary/aromatic N) is 1. The quantitative estimate of drug-likeness (QED) is 0.596. The molecular weight excluding hydrogens is 342 g/mol. The first kappa shape index (κ1) is 16.6. The lowest BCUT2D eigenvalue weighted by molar-refractivity contribution is -0.142. The molecule has 0 aliphatic carbocycles. The molecule has 0 bridgehead atoms. The van der Waals surface area contributed by atoms with Gasteiger partial charge < -0.3 is 9.64 Å². The predicted molar refractivity (Wildman–Crippen MR) is 106 cm³/mol. The normalized spacial score (nSPS) is 16.8. The molecule has 1 aliphatic rings. The molecule has 2 heterocycles. The van der Waals surface area contributed by atoms with Crippen molar-refractivity contribution in [1.29, 1.82) is 0 Å². The zero-order valence-corrected chi connectivity index (χ0v) is 15.2. The number of thiophene rings is 1. The number of anilines is 1. The molecule has 2 aromatic carbocycles. The minimum atomic E-state index is -0.514. The number of methoxy groups -OCH3 is 1. The number of rotatable bonds is 4. The van der Waals surface area contributed by atoms with Crippen LogP contribution in [-0.2, 0) is 9.53 Å². The fourth-order valence-corrected chi connectivity index (χ4v) is 4.25. The van der Waals surface area contributed by atoms with Crippen LogP contribution < -0.4 is 4.90 Å². The van der Waals surface area contributed by atoms with E-state index in [9.17, 15) is 4.79 Å². The van der Waals surface area contributed by atoms with E-state index in [2.05, 4.69) is 40.6 Å². The highest BCUT2D eigenvalue weighted by atomic mass is 32.1. The van der Waals surface area contributed by atoms with Crippen molar-refractivity contribution >= 4 is 29.1 Å². The van der Waals surface area contributed by atoms with Crippen LogP contribution in [-0.4, -0.2) is 13.1 Å². The first-order valence-electron chi connectivity index (χ1n) is 8.51. The van der Waals surface area contributed by atoms with Crippen LogP contribution in [0.5, 0.6) is 0 Å². The van der Waals surface area contributed by atoms with Gasteiger partial charge in [0.1, 0.15) is 0 Å². The first-order valence-corrected chi connectivity index (χ1v) is 9.39. The average molecular weight is 361 g/mol. The molecule has 0 radical (unpaired) electrons. The molecule has 4 heteroatoms. The Morgan fingerprint density at radius 2 is 1.81 bits per heavy atom. The van der Waals surface area contributed by atoms with Crippen LogP contribution in [0.4, 0.5) is 5.69 Å². The van der Waals surface area contributed by atoms with Crippen LogP contribution in [0.3, 0.4) is 0 Å². The van der Waals surface area contributed by atoms with Gasteiger partial charge in [0.15, 0.2) is 6.04 Å². The second-order valence-electron chi connectivity index (χ2n) is 6.12. The predicted octanol–water partition coefficient (Wildman–Crippen LogP) is 5.24. The summed E-state index contributed by atoms with van der Waals surface area (Å²) in [6, 6.07) is 21.6. The summed E-state index contributed by atoms with van der Waals surface area (Å²) < 4.78 is 5.20. The van der Waals surface area contributed by atoms with Gasteiger partial charge in [0, 0.05) is 10.6 Å². The zero-order valence-electron chi connectivity index (χ0n) is 14.4. The van der Waals surface area contributed by atoms with E-state index in [0.717, 1.165) is 16.8 Å². The lowest BCUT2D eigenvalue weighted by Gasteiger charge is -2.40. The van der Waals surface area contributed by atoms with Crippen LogP contribution in [0.25, 0.3) is 6.08 Å². The highest BCUT2D eigenvalue weighted by Gasteiger charge is 2.36. The van der Waals surface area contributed by atoms with Crippen LogP contribution in [0.15, 0.2) is 78.2 Å². The van der Waals surface area contributed by atoms with E-state index in [0.29, 0.717) is 0 Å². The minimum absolute atomic E-state index is 0.0193. The number of benzene rings is 2. The van der Waals surface area contributed by atoms with E-state index in [-0.39, 0.29) is 12.0 Å². The van der Waals surface area contributed by atoms with E-state index in [1.807, 2.05) is 48.5 Å². The number of esters is 1.